The summed E-state index contributed by atoms with van der Waals surface area (Å²) in [6.45, 7) is 1.90. The lowest BCUT2D eigenvalue weighted by atomic mass is 10.1. The largest absolute Gasteiger partial charge is 0.497 e. The maximum Gasteiger partial charge on any atom is 0.204 e. The second-order valence-corrected chi connectivity index (χ2v) is 8.05. The normalized spacial score (nSPS) is 17.3. The van der Waals surface area contributed by atoms with Gasteiger partial charge in [0.15, 0.2) is 5.82 Å². The number of nitrogens with zero attached hydrogens (tertiary/aromatic N) is 4. The number of ether oxygens (including phenoxy) is 1. The fourth-order valence-corrected chi connectivity index (χ4v) is 4.10. The number of aliphatic hydroxyl groups excluding tert-OH is 1. The quantitative estimate of drug-likeness (QED) is 0.590. The molecule has 2 aromatic carbocycles. The van der Waals surface area contributed by atoms with E-state index in [0.29, 0.717) is 29.5 Å². The first-order valence-electron chi connectivity index (χ1n) is 9.66. The third-order valence-electron chi connectivity index (χ3n) is 5.16. The van der Waals surface area contributed by atoms with Crippen LogP contribution in [0.3, 0.4) is 0 Å². The lowest BCUT2D eigenvalue weighted by Crippen LogP contribution is -2.39. The lowest BCUT2D eigenvalue weighted by molar-refractivity contribution is 0.0513. The molecule has 9 heteroatoms. The second-order valence-electron chi connectivity index (χ2n) is 7.28. The van der Waals surface area contributed by atoms with Crippen LogP contribution in [0.2, 0.25) is 5.02 Å². The van der Waals surface area contributed by atoms with Gasteiger partial charge < -0.3 is 9.84 Å². The molecule has 0 aliphatic carbocycles. The standard InChI is InChI=1S/C21H22ClFN4O2S/c1-29-17-7-4-14(5-8-17)20-24-26(13-25-10-2-3-16(28)12-25)21(30)27(20)15-6-9-19(23)18(22)11-15/h4-9,11,16,28H,2-3,10,12-13H2,1H3/t16-/m0/s1. The molecule has 0 spiro atoms. The summed E-state index contributed by atoms with van der Waals surface area (Å²) < 4.78 is 23.0. The van der Waals surface area contributed by atoms with E-state index in [1.807, 2.05) is 24.3 Å². The molecule has 1 atom stereocenters. The Bertz CT molecular complexity index is 1100. The number of hydrogen-bond donors (Lipinski definition) is 1. The number of hydrogen-bond acceptors (Lipinski definition) is 5. The van der Waals surface area contributed by atoms with E-state index in [9.17, 15) is 9.50 Å². The van der Waals surface area contributed by atoms with Crippen LogP contribution in [0, 0.1) is 10.6 Å². The highest BCUT2D eigenvalue weighted by atomic mass is 35.5. The van der Waals surface area contributed by atoms with Gasteiger partial charge in [-0.2, -0.15) is 0 Å². The van der Waals surface area contributed by atoms with Gasteiger partial charge in [-0.15, -0.1) is 5.10 Å². The molecular weight excluding hydrogens is 427 g/mol. The van der Waals surface area contributed by atoms with Gasteiger partial charge in [0.05, 0.1) is 30.6 Å². The summed E-state index contributed by atoms with van der Waals surface area (Å²) >= 11 is 11.8. The molecule has 3 aromatic rings. The van der Waals surface area contributed by atoms with Crippen molar-refractivity contribution in [3.8, 4) is 22.8 Å². The Kier molecular flexibility index (Phi) is 6.19. The average molecular weight is 449 g/mol. The summed E-state index contributed by atoms with van der Waals surface area (Å²) in [7, 11) is 1.61. The third-order valence-corrected chi connectivity index (χ3v) is 5.85. The zero-order valence-corrected chi connectivity index (χ0v) is 18.0. The molecule has 0 saturated carbocycles. The molecule has 0 amide bonds. The number of aromatic nitrogens is 3. The van der Waals surface area contributed by atoms with E-state index in [2.05, 4.69) is 4.90 Å². The number of β-amino-alcohol motifs (C(OH)–C–C–N with tert-alkyl or cyclic N) is 1. The highest BCUT2D eigenvalue weighted by Crippen LogP contribution is 2.27. The van der Waals surface area contributed by atoms with Crippen molar-refractivity contribution in [2.75, 3.05) is 20.2 Å². The van der Waals surface area contributed by atoms with E-state index in [4.69, 9.17) is 33.7 Å². The minimum absolute atomic E-state index is 0.0157. The van der Waals surface area contributed by atoms with E-state index < -0.39 is 5.82 Å². The van der Waals surface area contributed by atoms with E-state index in [-0.39, 0.29) is 11.1 Å². The second kappa shape index (κ2) is 8.85. The molecule has 1 N–H and O–H groups in total. The molecule has 0 bridgehead atoms. The lowest BCUT2D eigenvalue weighted by Gasteiger charge is -2.29. The van der Waals surface area contributed by atoms with Gasteiger partial charge in [-0.1, -0.05) is 11.6 Å². The molecule has 6 nitrogen and oxygen atoms in total. The zero-order valence-electron chi connectivity index (χ0n) is 16.5. The number of benzene rings is 2. The molecule has 1 aliphatic heterocycles. The number of halogens is 2. The Morgan fingerprint density at radius 2 is 2.03 bits per heavy atom. The monoisotopic (exact) mass is 448 g/mol. The predicted octanol–water partition coefficient (Wildman–Crippen LogP) is 4.29. The Morgan fingerprint density at radius 1 is 1.27 bits per heavy atom. The molecule has 2 heterocycles. The van der Waals surface area contributed by atoms with Gasteiger partial charge in [-0.25, -0.2) is 9.07 Å². The van der Waals surface area contributed by atoms with Crippen molar-refractivity contribution in [2.24, 2.45) is 0 Å². The first kappa shape index (κ1) is 21.0. The number of rotatable bonds is 5. The molecule has 4 rings (SSSR count). The van der Waals surface area contributed by atoms with Crippen molar-refractivity contribution >= 4 is 23.8 Å². The van der Waals surface area contributed by atoms with Crippen LogP contribution >= 0.6 is 23.8 Å². The number of aliphatic hydroxyl groups is 1. The Balaban J connectivity index is 1.79. The fourth-order valence-electron chi connectivity index (χ4n) is 3.63. The SMILES string of the molecule is COc1ccc(-c2nn(CN3CCC[C@H](O)C3)c(=S)n2-c2ccc(F)c(Cl)c2)cc1. The first-order chi connectivity index (χ1) is 14.5. The van der Waals surface area contributed by atoms with E-state index in [0.717, 1.165) is 30.7 Å². The number of piperidine rings is 1. The minimum Gasteiger partial charge on any atom is -0.497 e. The number of likely N-dealkylation sites (tertiary alicyclic amines) is 1. The highest BCUT2D eigenvalue weighted by Gasteiger charge is 2.21. The summed E-state index contributed by atoms with van der Waals surface area (Å²) in [6.07, 6.45) is 1.39. The van der Waals surface area contributed by atoms with Crippen molar-refractivity contribution in [1.29, 1.82) is 0 Å². The van der Waals surface area contributed by atoms with Gasteiger partial charge >= 0.3 is 0 Å². The van der Waals surface area contributed by atoms with Gasteiger partial charge in [-0.05, 0) is 67.5 Å². The van der Waals surface area contributed by atoms with Crippen LogP contribution in [0.25, 0.3) is 17.1 Å². The molecule has 1 saturated heterocycles. The van der Waals surface area contributed by atoms with Crippen LogP contribution in [0.15, 0.2) is 42.5 Å². The molecular formula is C21H22ClFN4O2S. The van der Waals surface area contributed by atoms with Gasteiger partial charge in [0.2, 0.25) is 4.77 Å². The van der Waals surface area contributed by atoms with Crippen LogP contribution in [0.4, 0.5) is 4.39 Å². The summed E-state index contributed by atoms with van der Waals surface area (Å²) in [5.74, 6) is 0.853. The average Bonchev–Trinajstić information content (AvgIpc) is 3.06. The molecule has 1 aromatic heterocycles. The van der Waals surface area contributed by atoms with Crippen molar-refractivity contribution in [2.45, 2.75) is 25.6 Å². The van der Waals surface area contributed by atoms with Gasteiger partial charge in [0.25, 0.3) is 0 Å². The smallest absolute Gasteiger partial charge is 0.204 e. The Hall–Kier alpha value is -2.26. The van der Waals surface area contributed by atoms with Gasteiger partial charge in [-0.3, -0.25) is 9.47 Å². The van der Waals surface area contributed by atoms with Crippen LogP contribution in [-0.2, 0) is 6.67 Å². The Labute approximate surface area is 184 Å². The molecule has 1 fully saturated rings. The predicted molar refractivity (Wildman–Crippen MR) is 116 cm³/mol. The third kappa shape index (κ3) is 4.27. The fraction of sp³-hybridized carbons (Fsp3) is 0.333. The van der Waals surface area contributed by atoms with E-state index in [1.165, 1.54) is 12.1 Å². The minimum atomic E-state index is -0.493. The Morgan fingerprint density at radius 3 is 2.70 bits per heavy atom. The highest BCUT2D eigenvalue weighted by molar-refractivity contribution is 7.71. The molecule has 1 aliphatic rings. The van der Waals surface area contributed by atoms with Crippen LogP contribution in [0.5, 0.6) is 5.75 Å². The summed E-state index contributed by atoms with van der Waals surface area (Å²) in [6, 6.07) is 12.0. The molecule has 30 heavy (non-hydrogen) atoms. The van der Waals surface area contributed by atoms with Gasteiger partial charge in [0.1, 0.15) is 11.6 Å². The van der Waals surface area contributed by atoms with Crippen LogP contribution < -0.4 is 4.74 Å². The topological polar surface area (TPSA) is 55.4 Å². The maximum atomic E-state index is 13.7. The summed E-state index contributed by atoms with van der Waals surface area (Å²) in [4.78, 5) is 2.12. The van der Waals surface area contributed by atoms with E-state index >= 15 is 0 Å². The van der Waals surface area contributed by atoms with Gasteiger partial charge in [0, 0.05) is 18.7 Å². The summed E-state index contributed by atoms with van der Waals surface area (Å²) in [5.41, 5.74) is 1.46. The molecule has 158 valence electrons. The first-order valence-corrected chi connectivity index (χ1v) is 10.4. The summed E-state index contributed by atoms with van der Waals surface area (Å²) in [5, 5.41) is 14.8. The number of methoxy groups -OCH3 is 1. The maximum absolute atomic E-state index is 13.7. The van der Waals surface area contributed by atoms with Crippen molar-refractivity contribution in [3.63, 3.8) is 0 Å². The van der Waals surface area contributed by atoms with Crippen LogP contribution in [-0.4, -0.2) is 50.7 Å². The van der Waals surface area contributed by atoms with Crippen molar-refractivity contribution < 1.29 is 14.2 Å². The van der Waals surface area contributed by atoms with Crippen molar-refractivity contribution in [3.05, 3.63) is 58.1 Å². The van der Waals surface area contributed by atoms with Crippen molar-refractivity contribution in [1.82, 2.24) is 19.2 Å². The zero-order chi connectivity index (χ0) is 21.3. The van der Waals surface area contributed by atoms with Crippen LogP contribution in [0.1, 0.15) is 12.8 Å². The van der Waals surface area contributed by atoms with E-state index in [1.54, 1.807) is 22.4 Å². The molecule has 0 unspecified atom stereocenters. The molecule has 0 radical (unpaired) electrons.